The third-order valence-electron chi connectivity index (χ3n) is 4.45. The van der Waals surface area contributed by atoms with Gasteiger partial charge in [0, 0.05) is 6.04 Å². The van der Waals surface area contributed by atoms with E-state index < -0.39 is 15.8 Å². The monoisotopic (exact) mass is 313 g/mol. The first kappa shape index (κ1) is 16.4. The van der Waals surface area contributed by atoms with Gasteiger partial charge in [0.05, 0.1) is 4.90 Å². The number of halogens is 1. The van der Waals surface area contributed by atoms with Gasteiger partial charge in [0.2, 0.25) is 10.0 Å². The Morgan fingerprint density at radius 2 is 1.81 bits per heavy atom. The van der Waals surface area contributed by atoms with Gasteiger partial charge >= 0.3 is 0 Å². The lowest BCUT2D eigenvalue weighted by Crippen LogP contribution is -2.45. The van der Waals surface area contributed by atoms with Crippen molar-refractivity contribution in [3.05, 3.63) is 30.1 Å². The number of nitrogens with one attached hydrogen (secondary N) is 1. The van der Waals surface area contributed by atoms with Gasteiger partial charge in [-0.2, -0.15) is 0 Å². The van der Waals surface area contributed by atoms with E-state index in [1.54, 1.807) is 0 Å². The van der Waals surface area contributed by atoms with E-state index in [-0.39, 0.29) is 10.9 Å². The number of benzene rings is 1. The smallest absolute Gasteiger partial charge is 0.208 e. The molecule has 3 nitrogen and oxygen atoms in total. The normalized spacial score (nSPS) is 27.0. The summed E-state index contributed by atoms with van der Waals surface area (Å²) in [6, 6.07) is 4.95. The molecule has 21 heavy (non-hydrogen) atoms. The second kappa shape index (κ2) is 6.44. The fraction of sp³-hybridized carbons (Fsp3) is 0.625. The second-order valence-corrected chi connectivity index (χ2v) is 8.22. The molecule has 1 N–H and O–H groups in total. The van der Waals surface area contributed by atoms with Gasteiger partial charge in [0.15, 0.2) is 0 Å². The molecular formula is C16H24FNO2S. The first-order chi connectivity index (χ1) is 9.79. The summed E-state index contributed by atoms with van der Waals surface area (Å²) < 4.78 is 40.7. The van der Waals surface area contributed by atoms with E-state index in [1.807, 2.05) is 0 Å². The molecule has 1 aliphatic rings. The zero-order valence-electron chi connectivity index (χ0n) is 12.8. The Kier molecular flexibility index (Phi) is 5.04. The minimum Gasteiger partial charge on any atom is -0.208 e. The molecule has 5 heteroatoms. The van der Waals surface area contributed by atoms with Gasteiger partial charge in [0.25, 0.3) is 0 Å². The van der Waals surface area contributed by atoms with Crippen LogP contribution in [0.1, 0.15) is 40.0 Å². The van der Waals surface area contributed by atoms with Crippen molar-refractivity contribution in [1.29, 1.82) is 0 Å². The van der Waals surface area contributed by atoms with E-state index in [4.69, 9.17) is 0 Å². The Morgan fingerprint density at radius 3 is 2.38 bits per heavy atom. The van der Waals surface area contributed by atoms with Crippen LogP contribution in [0.4, 0.5) is 4.39 Å². The topological polar surface area (TPSA) is 46.2 Å². The summed E-state index contributed by atoms with van der Waals surface area (Å²) in [6.45, 7) is 6.44. The highest BCUT2D eigenvalue weighted by Crippen LogP contribution is 2.34. The molecule has 0 heterocycles. The van der Waals surface area contributed by atoms with Crippen LogP contribution in [-0.4, -0.2) is 14.5 Å². The number of hydrogen-bond donors (Lipinski definition) is 1. The van der Waals surface area contributed by atoms with Crippen molar-refractivity contribution in [2.45, 2.75) is 51.0 Å². The third kappa shape index (κ3) is 4.04. The Bertz CT molecular complexity index is 568. The van der Waals surface area contributed by atoms with Crippen molar-refractivity contribution in [3.8, 4) is 0 Å². The van der Waals surface area contributed by atoms with Crippen molar-refractivity contribution in [1.82, 2.24) is 4.72 Å². The average molecular weight is 313 g/mol. The van der Waals surface area contributed by atoms with E-state index in [0.717, 1.165) is 19.3 Å². The first-order valence-electron chi connectivity index (χ1n) is 7.57. The van der Waals surface area contributed by atoms with E-state index in [0.29, 0.717) is 17.8 Å². The van der Waals surface area contributed by atoms with Crippen LogP contribution in [0.3, 0.4) is 0 Å². The van der Waals surface area contributed by atoms with Crippen LogP contribution in [0.5, 0.6) is 0 Å². The summed E-state index contributed by atoms with van der Waals surface area (Å²) in [5.41, 5.74) is 0. The maximum Gasteiger partial charge on any atom is 0.240 e. The predicted molar refractivity (Wildman–Crippen MR) is 81.9 cm³/mol. The van der Waals surface area contributed by atoms with E-state index in [2.05, 4.69) is 25.5 Å². The van der Waals surface area contributed by atoms with Crippen LogP contribution in [0.2, 0.25) is 0 Å². The fourth-order valence-electron chi connectivity index (χ4n) is 3.22. The van der Waals surface area contributed by atoms with E-state index >= 15 is 0 Å². The summed E-state index contributed by atoms with van der Waals surface area (Å²) in [7, 11) is -3.58. The lowest BCUT2D eigenvalue weighted by molar-refractivity contribution is 0.188. The van der Waals surface area contributed by atoms with Crippen LogP contribution < -0.4 is 4.72 Å². The van der Waals surface area contributed by atoms with Crippen LogP contribution in [0.15, 0.2) is 29.2 Å². The van der Waals surface area contributed by atoms with Crippen molar-refractivity contribution in [2.24, 2.45) is 17.8 Å². The van der Waals surface area contributed by atoms with Gasteiger partial charge in [-0.05, 0) is 54.9 Å². The highest BCUT2D eigenvalue weighted by atomic mass is 32.2. The Balaban J connectivity index is 2.19. The van der Waals surface area contributed by atoms with Crippen molar-refractivity contribution in [2.75, 3.05) is 0 Å². The largest absolute Gasteiger partial charge is 0.240 e. The number of hydrogen-bond acceptors (Lipinski definition) is 2. The zero-order valence-corrected chi connectivity index (χ0v) is 13.7. The van der Waals surface area contributed by atoms with Gasteiger partial charge in [0.1, 0.15) is 5.82 Å². The van der Waals surface area contributed by atoms with Crippen LogP contribution >= 0.6 is 0 Å². The SMILES string of the molecule is CC1CCC(C(C)C)C(NS(=O)(=O)c2ccc(F)cc2)C1. The number of rotatable bonds is 4. The molecule has 1 aromatic rings. The Morgan fingerprint density at radius 1 is 1.19 bits per heavy atom. The fourth-order valence-corrected chi connectivity index (χ4v) is 4.52. The standard InChI is InChI=1S/C16H24FNO2S/c1-11(2)15-9-4-12(3)10-16(15)18-21(19,20)14-7-5-13(17)6-8-14/h5-8,11-12,15-16,18H,4,9-10H2,1-3H3. The summed E-state index contributed by atoms with van der Waals surface area (Å²) in [4.78, 5) is 0.129. The molecule has 118 valence electrons. The molecule has 1 aliphatic carbocycles. The molecule has 1 fully saturated rings. The lowest BCUT2D eigenvalue weighted by Gasteiger charge is -2.37. The second-order valence-electron chi connectivity index (χ2n) is 6.51. The molecule has 1 saturated carbocycles. The minimum atomic E-state index is -3.58. The molecule has 0 radical (unpaired) electrons. The lowest BCUT2D eigenvalue weighted by atomic mass is 9.74. The molecule has 0 aromatic heterocycles. The molecule has 0 bridgehead atoms. The number of sulfonamides is 1. The van der Waals surface area contributed by atoms with Crippen LogP contribution in [0, 0.1) is 23.6 Å². The summed E-state index contributed by atoms with van der Waals surface area (Å²) in [5.74, 6) is 0.899. The summed E-state index contributed by atoms with van der Waals surface area (Å²) >= 11 is 0. The predicted octanol–water partition coefficient (Wildman–Crippen LogP) is 3.56. The van der Waals surface area contributed by atoms with Crippen molar-refractivity contribution < 1.29 is 12.8 Å². The Labute approximate surface area is 127 Å². The van der Waals surface area contributed by atoms with Crippen LogP contribution in [-0.2, 0) is 10.0 Å². The molecule has 3 unspecified atom stereocenters. The molecule has 1 aromatic carbocycles. The van der Waals surface area contributed by atoms with Gasteiger partial charge in [-0.15, -0.1) is 0 Å². The maximum atomic E-state index is 12.9. The molecule has 2 rings (SSSR count). The maximum absolute atomic E-state index is 12.9. The summed E-state index contributed by atoms with van der Waals surface area (Å²) in [6.07, 6.45) is 3.07. The highest BCUT2D eigenvalue weighted by molar-refractivity contribution is 7.89. The zero-order chi connectivity index (χ0) is 15.6. The van der Waals surface area contributed by atoms with E-state index in [9.17, 15) is 12.8 Å². The quantitative estimate of drug-likeness (QED) is 0.924. The molecule has 0 spiro atoms. The van der Waals surface area contributed by atoms with Crippen LogP contribution in [0.25, 0.3) is 0 Å². The first-order valence-corrected chi connectivity index (χ1v) is 9.06. The van der Waals surface area contributed by atoms with Gasteiger partial charge < -0.3 is 0 Å². The highest BCUT2D eigenvalue weighted by Gasteiger charge is 2.33. The molecule has 0 aliphatic heterocycles. The van der Waals surface area contributed by atoms with Crippen molar-refractivity contribution >= 4 is 10.0 Å². The summed E-state index contributed by atoms with van der Waals surface area (Å²) in [5, 5.41) is 0. The molecule has 0 saturated heterocycles. The van der Waals surface area contributed by atoms with Gasteiger partial charge in [-0.25, -0.2) is 17.5 Å². The minimum absolute atomic E-state index is 0.0381. The molecule has 3 atom stereocenters. The molecular weight excluding hydrogens is 289 g/mol. The van der Waals surface area contributed by atoms with Gasteiger partial charge in [-0.1, -0.05) is 27.2 Å². The average Bonchev–Trinajstić information content (AvgIpc) is 2.38. The van der Waals surface area contributed by atoms with Crippen molar-refractivity contribution in [3.63, 3.8) is 0 Å². The third-order valence-corrected chi connectivity index (χ3v) is 5.96. The van der Waals surface area contributed by atoms with E-state index in [1.165, 1.54) is 24.3 Å². The Hall–Kier alpha value is -0.940. The molecule has 0 amide bonds. The van der Waals surface area contributed by atoms with Gasteiger partial charge in [-0.3, -0.25) is 0 Å².